The van der Waals surface area contributed by atoms with Crippen LogP contribution in [0.5, 0.6) is 0 Å². The second-order valence-electron chi connectivity index (χ2n) is 5.36. The molecule has 1 aromatic heterocycles. The summed E-state index contributed by atoms with van der Waals surface area (Å²) in [5.41, 5.74) is 0.0996. The standard InChI is InChI=1S/C16H18BrN3O3/c1-11(7-8-12-5-3-2-4-6-12)18-14(21)10-20-9-13(17)15(22)19-16(20)23/h2-6,9,11H,7-8,10H2,1H3,(H,18,21)(H,19,22,23). The van der Waals surface area contributed by atoms with Crippen LogP contribution in [0, 0.1) is 0 Å². The van der Waals surface area contributed by atoms with Crippen molar-refractivity contribution >= 4 is 21.8 Å². The predicted octanol–water partition coefficient (Wildman–Crippen LogP) is 1.44. The first-order chi connectivity index (χ1) is 11.0. The van der Waals surface area contributed by atoms with Crippen molar-refractivity contribution in [1.82, 2.24) is 14.9 Å². The Morgan fingerprint density at radius 1 is 1.30 bits per heavy atom. The monoisotopic (exact) mass is 379 g/mol. The summed E-state index contributed by atoms with van der Waals surface area (Å²) in [6.07, 6.45) is 2.99. The van der Waals surface area contributed by atoms with Gasteiger partial charge >= 0.3 is 5.69 Å². The highest BCUT2D eigenvalue weighted by Gasteiger charge is 2.10. The van der Waals surface area contributed by atoms with Crippen molar-refractivity contribution in [1.29, 1.82) is 0 Å². The molecule has 0 fully saturated rings. The van der Waals surface area contributed by atoms with Crippen molar-refractivity contribution in [3.63, 3.8) is 0 Å². The average molecular weight is 380 g/mol. The molecule has 0 saturated heterocycles. The molecule has 0 aliphatic carbocycles. The van der Waals surface area contributed by atoms with Crippen LogP contribution in [0.2, 0.25) is 0 Å². The van der Waals surface area contributed by atoms with Gasteiger partial charge in [-0.15, -0.1) is 0 Å². The number of hydrogen-bond donors (Lipinski definition) is 2. The minimum atomic E-state index is -0.606. The van der Waals surface area contributed by atoms with E-state index in [1.54, 1.807) is 0 Å². The Bertz CT molecular complexity index is 783. The van der Waals surface area contributed by atoms with E-state index in [2.05, 4.69) is 26.2 Å². The maximum Gasteiger partial charge on any atom is 0.328 e. The van der Waals surface area contributed by atoms with Gasteiger partial charge in [-0.25, -0.2) is 4.79 Å². The molecule has 0 bridgehead atoms. The van der Waals surface area contributed by atoms with E-state index in [-0.39, 0.29) is 23.0 Å². The summed E-state index contributed by atoms with van der Waals surface area (Å²) in [5.74, 6) is -0.272. The van der Waals surface area contributed by atoms with Gasteiger partial charge in [0.15, 0.2) is 0 Å². The van der Waals surface area contributed by atoms with Crippen molar-refractivity contribution in [2.24, 2.45) is 0 Å². The Morgan fingerprint density at radius 3 is 2.70 bits per heavy atom. The number of nitrogens with one attached hydrogen (secondary N) is 2. The Kier molecular flexibility index (Phi) is 5.92. The molecule has 0 aliphatic heterocycles. The minimum absolute atomic E-state index is 0.00962. The van der Waals surface area contributed by atoms with Gasteiger partial charge in [-0.3, -0.25) is 19.1 Å². The first-order valence-electron chi connectivity index (χ1n) is 7.28. The van der Waals surface area contributed by atoms with E-state index < -0.39 is 11.2 Å². The van der Waals surface area contributed by atoms with Gasteiger partial charge in [-0.2, -0.15) is 0 Å². The maximum atomic E-state index is 12.0. The summed E-state index contributed by atoms with van der Waals surface area (Å²) in [6.45, 7) is 1.79. The molecule has 122 valence electrons. The number of H-pyrrole nitrogens is 1. The number of hydrogen-bond acceptors (Lipinski definition) is 3. The minimum Gasteiger partial charge on any atom is -0.352 e. The molecule has 0 saturated carbocycles. The molecule has 0 aliphatic rings. The Balaban J connectivity index is 1.88. The molecule has 7 heteroatoms. The first-order valence-corrected chi connectivity index (χ1v) is 8.07. The molecule has 23 heavy (non-hydrogen) atoms. The fourth-order valence-corrected chi connectivity index (χ4v) is 2.52. The van der Waals surface area contributed by atoms with E-state index in [1.165, 1.54) is 11.8 Å². The summed E-state index contributed by atoms with van der Waals surface area (Å²) in [4.78, 5) is 37.0. The zero-order chi connectivity index (χ0) is 16.8. The second kappa shape index (κ2) is 7.92. The lowest BCUT2D eigenvalue weighted by Crippen LogP contribution is -2.39. The molecule has 0 radical (unpaired) electrons. The fraction of sp³-hybridized carbons (Fsp3) is 0.312. The maximum absolute atomic E-state index is 12.0. The summed E-state index contributed by atoms with van der Waals surface area (Å²) in [7, 11) is 0. The number of aromatic amines is 1. The number of benzene rings is 1. The van der Waals surface area contributed by atoms with Crippen molar-refractivity contribution < 1.29 is 4.79 Å². The summed E-state index contributed by atoms with van der Waals surface area (Å²) in [6, 6.07) is 10.0. The van der Waals surface area contributed by atoms with Crippen molar-refractivity contribution in [2.75, 3.05) is 0 Å². The molecule has 2 rings (SSSR count). The first kappa shape index (κ1) is 17.2. The SMILES string of the molecule is CC(CCc1ccccc1)NC(=O)Cn1cc(Br)c(=O)[nH]c1=O. The summed E-state index contributed by atoms with van der Waals surface area (Å²) >= 11 is 3.04. The third-order valence-corrected chi connectivity index (χ3v) is 3.96. The lowest BCUT2D eigenvalue weighted by molar-refractivity contribution is -0.122. The molecule has 2 N–H and O–H groups in total. The van der Waals surface area contributed by atoms with Gasteiger partial charge in [0.05, 0.1) is 4.47 Å². The highest BCUT2D eigenvalue weighted by Crippen LogP contribution is 2.05. The van der Waals surface area contributed by atoms with Gasteiger partial charge in [-0.05, 0) is 41.3 Å². The van der Waals surface area contributed by atoms with Crippen LogP contribution in [-0.4, -0.2) is 21.5 Å². The predicted molar refractivity (Wildman–Crippen MR) is 91.4 cm³/mol. The Hall–Kier alpha value is -2.15. The average Bonchev–Trinajstić information content (AvgIpc) is 2.51. The Morgan fingerprint density at radius 2 is 2.00 bits per heavy atom. The number of rotatable bonds is 6. The van der Waals surface area contributed by atoms with Gasteiger partial charge in [0.2, 0.25) is 5.91 Å². The molecule has 1 aromatic carbocycles. The van der Waals surface area contributed by atoms with E-state index in [1.807, 2.05) is 37.3 Å². The van der Waals surface area contributed by atoms with Gasteiger partial charge in [0.1, 0.15) is 6.54 Å². The summed E-state index contributed by atoms with van der Waals surface area (Å²) in [5, 5.41) is 2.85. The van der Waals surface area contributed by atoms with E-state index in [0.717, 1.165) is 17.4 Å². The van der Waals surface area contributed by atoms with E-state index >= 15 is 0 Å². The molecule has 6 nitrogen and oxygen atoms in total. The van der Waals surface area contributed by atoms with E-state index in [0.29, 0.717) is 0 Å². The number of carbonyl (C=O) groups is 1. The summed E-state index contributed by atoms with van der Waals surface area (Å²) < 4.78 is 1.37. The molecule has 1 heterocycles. The molecule has 1 unspecified atom stereocenters. The molecule has 0 spiro atoms. The quantitative estimate of drug-likeness (QED) is 0.796. The molecular weight excluding hydrogens is 362 g/mol. The van der Waals surface area contributed by atoms with Crippen LogP contribution in [0.4, 0.5) is 0 Å². The second-order valence-corrected chi connectivity index (χ2v) is 6.21. The highest BCUT2D eigenvalue weighted by atomic mass is 79.9. The van der Waals surface area contributed by atoms with Crippen LogP contribution in [0.25, 0.3) is 0 Å². The highest BCUT2D eigenvalue weighted by molar-refractivity contribution is 9.10. The molecular formula is C16H18BrN3O3. The van der Waals surface area contributed by atoms with Crippen LogP contribution in [0.3, 0.4) is 0 Å². The van der Waals surface area contributed by atoms with Crippen LogP contribution in [0.15, 0.2) is 50.6 Å². The van der Waals surface area contributed by atoms with Gasteiger partial charge in [0.25, 0.3) is 5.56 Å². The lowest BCUT2D eigenvalue weighted by atomic mass is 10.1. The number of carbonyl (C=O) groups excluding carboxylic acids is 1. The molecule has 1 amide bonds. The van der Waals surface area contributed by atoms with Crippen LogP contribution < -0.4 is 16.6 Å². The van der Waals surface area contributed by atoms with Crippen LogP contribution in [0.1, 0.15) is 18.9 Å². The number of amides is 1. The van der Waals surface area contributed by atoms with Crippen molar-refractivity contribution in [2.45, 2.75) is 32.4 Å². The molecule has 1 atom stereocenters. The normalized spacial score (nSPS) is 11.9. The number of aromatic nitrogens is 2. The van der Waals surface area contributed by atoms with Crippen molar-refractivity contribution in [3.8, 4) is 0 Å². The smallest absolute Gasteiger partial charge is 0.328 e. The zero-order valence-electron chi connectivity index (χ0n) is 12.7. The van der Waals surface area contributed by atoms with Gasteiger partial charge in [-0.1, -0.05) is 30.3 Å². The van der Waals surface area contributed by atoms with Crippen LogP contribution in [-0.2, 0) is 17.8 Å². The zero-order valence-corrected chi connectivity index (χ0v) is 14.3. The van der Waals surface area contributed by atoms with E-state index in [9.17, 15) is 14.4 Å². The third-order valence-electron chi connectivity index (χ3n) is 3.40. The third kappa shape index (κ3) is 5.21. The topological polar surface area (TPSA) is 84.0 Å². The Labute approximate surface area is 141 Å². The largest absolute Gasteiger partial charge is 0.352 e. The number of nitrogens with zero attached hydrogens (tertiary/aromatic N) is 1. The van der Waals surface area contributed by atoms with Crippen LogP contribution >= 0.6 is 15.9 Å². The van der Waals surface area contributed by atoms with Gasteiger partial charge < -0.3 is 5.32 Å². The number of halogens is 1. The van der Waals surface area contributed by atoms with Gasteiger partial charge in [0, 0.05) is 12.2 Å². The number of aryl methyl sites for hydroxylation is 1. The van der Waals surface area contributed by atoms with E-state index in [4.69, 9.17) is 0 Å². The lowest BCUT2D eigenvalue weighted by Gasteiger charge is -2.14. The fourth-order valence-electron chi connectivity index (χ4n) is 2.18. The molecule has 2 aromatic rings. The van der Waals surface area contributed by atoms with Crippen molar-refractivity contribution in [3.05, 3.63) is 67.4 Å².